The first-order chi connectivity index (χ1) is 8.06. The molecule has 17 heavy (non-hydrogen) atoms. The van der Waals surface area contributed by atoms with Gasteiger partial charge in [0.15, 0.2) is 5.78 Å². The number of methoxy groups -OCH3 is 1. The van der Waals surface area contributed by atoms with E-state index in [2.05, 4.69) is 10.1 Å². The summed E-state index contributed by atoms with van der Waals surface area (Å²) in [6, 6.07) is 8.48. The molecule has 0 spiro atoms. The standard InChI is InChI=1S/C13H17NO3/c1-9(2)12(15)11(14-13(16)17-3)10-7-5-4-6-8-10/h4-9,11H,1-3H3,(H,14,16)/t11-/m1/s1. The zero-order valence-electron chi connectivity index (χ0n) is 10.3. The van der Waals surface area contributed by atoms with Gasteiger partial charge in [-0.05, 0) is 5.56 Å². The van der Waals surface area contributed by atoms with Crippen molar-refractivity contribution >= 4 is 11.9 Å². The third-order valence-corrected chi connectivity index (χ3v) is 2.43. The quantitative estimate of drug-likeness (QED) is 0.871. The number of benzene rings is 1. The van der Waals surface area contributed by atoms with Gasteiger partial charge in [0.2, 0.25) is 0 Å². The number of ketones is 1. The van der Waals surface area contributed by atoms with Gasteiger partial charge in [0.05, 0.1) is 7.11 Å². The second-order valence-electron chi connectivity index (χ2n) is 4.04. The molecule has 0 bridgehead atoms. The van der Waals surface area contributed by atoms with Crippen molar-refractivity contribution < 1.29 is 14.3 Å². The third-order valence-electron chi connectivity index (χ3n) is 2.43. The first kappa shape index (κ1) is 13.2. The highest BCUT2D eigenvalue weighted by Crippen LogP contribution is 2.17. The number of amides is 1. The molecule has 0 aliphatic carbocycles. The molecule has 4 nitrogen and oxygen atoms in total. The van der Waals surface area contributed by atoms with Gasteiger partial charge in [0.25, 0.3) is 0 Å². The molecule has 1 aromatic carbocycles. The summed E-state index contributed by atoms with van der Waals surface area (Å²) in [4.78, 5) is 23.3. The highest BCUT2D eigenvalue weighted by atomic mass is 16.5. The van der Waals surface area contributed by atoms with Crippen molar-refractivity contribution in [1.29, 1.82) is 0 Å². The smallest absolute Gasteiger partial charge is 0.407 e. The summed E-state index contributed by atoms with van der Waals surface area (Å²) in [7, 11) is 1.28. The lowest BCUT2D eigenvalue weighted by molar-refractivity contribution is -0.124. The molecule has 1 aromatic rings. The maximum atomic E-state index is 12.0. The van der Waals surface area contributed by atoms with Crippen molar-refractivity contribution in [1.82, 2.24) is 5.32 Å². The predicted molar refractivity (Wildman–Crippen MR) is 64.6 cm³/mol. The summed E-state index contributed by atoms with van der Waals surface area (Å²) in [6.07, 6.45) is -0.604. The Morgan fingerprint density at radius 3 is 2.24 bits per heavy atom. The van der Waals surface area contributed by atoms with Crippen LogP contribution in [0.4, 0.5) is 4.79 Å². The number of hydrogen-bond acceptors (Lipinski definition) is 3. The Kier molecular flexibility index (Phi) is 4.69. The van der Waals surface area contributed by atoms with Gasteiger partial charge in [-0.2, -0.15) is 0 Å². The maximum Gasteiger partial charge on any atom is 0.407 e. The summed E-state index contributed by atoms with van der Waals surface area (Å²) in [5.41, 5.74) is 0.761. The number of Topliss-reactive ketones (excluding diaryl/α,β-unsaturated/α-hetero) is 1. The summed E-state index contributed by atoms with van der Waals surface area (Å²) >= 11 is 0. The molecule has 0 radical (unpaired) electrons. The van der Waals surface area contributed by atoms with Gasteiger partial charge >= 0.3 is 6.09 Å². The predicted octanol–water partition coefficient (Wildman–Crippen LogP) is 2.31. The van der Waals surface area contributed by atoms with Crippen LogP contribution in [-0.2, 0) is 9.53 Å². The molecule has 1 amide bonds. The van der Waals surface area contributed by atoms with Crippen LogP contribution in [0.2, 0.25) is 0 Å². The van der Waals surface area contributed by atoms with Gasteiger partial charge in [-0.1, -0.05) is 44.2 Å². The summed E-state index contributed by atoms with van der Waals surface area (Å²) in [5.74, 6) is -0.195. The van der Waals surface area contributed by atoms with E-state index in [4.69, 9.17) is 0 Å². The molecule has 0 aromatic heterocycles. The van der Waals surface area contributed by atoms with E-state index in [1.165, 1.54) is 7.11 Å². The SMILES string of the molecule is COC(=O)N[C@@H](C(=O)C(C)C)c1ccccc1. The van der Waals surface area contributed by atoms with Crippen molar-refractivity contribution in [2.24, 2.45) is 5.92 Å². The Morgan fingerprint density at radius 2 is 1.76 bits per heavy atom. The molecule has 1 rings (SSSR count). The minimum atomic E-state index is -0.649. The van der Waals surface area contributed by atoms with Crippen LogP contribution in [0.15, 0.2) is 30.3 Å². The monoisotopic (exact) mass is 235 g/mol. The fourth-order valence-electron chi connectivity index (χ4n) is 1.47. The second kappa shape index (κ2) is 6.03. The van der Waals surface area contributed by atoms with Crippen LogP contribution < -0.4 is 5.32 Å². The van der Waals surface area contributed by atoms with E-state index in [-0.39, 0.29) is 11.7 Å². The average Bonchev–Trinajstić information content (AvgIpc) is 2.35. The molecular formula is C13H17NO3. The molecule has 0 heterocycles. The highest BCUT2D eigenvalue weighted by Gasteiger charge is 2.24. The zero-order valence-corrected chi connectivity index (χ0v) is 10.3. The van der Waals surface area contributed by atoms with E-state index in [9.17, 15) is 9.59 Å². The molecule has 0 aliphatic heterocycles. The molecule has 0 fully saturated rings. The van der Waals surface area contributed by atoms with Gasteiger partial charge in [-0.3, -0.25) is 4.79 Å². The average molecular weight is 235 g/mol. The van der Waals surface area contributed by atoms with Crippen LogP contribution in [0.3, 0.4) is 0 Å². The Morgan fingerprint density at radius 1 is 1.18 bits per heavy atom. The topological polar surface area (TPSA) is 55.4 Å². The van der Waals surface area contributed by atoms with Crippen molar-refractivity contribution in [3.8, 4) is 0 Å². The summed E-state index contributed by atoms with van der Waals surface area (Å²) in [5, 5.41) is 2.55. The fourth-order valence-corrected chi connectivity index (χ4v) is 1.47. The number of carbonyl (C=O) groups excluding carboxylic acids is 2. The number of ether oxygens (including phenoxy) is 1. The van der Waals surface area contributed by atoms with E-state index in [0.717, 1.165) is 5.56 Å². The second-order valence-corrected chi connectivity index (χ2v) is 4.04. The lowest BCUT2D eigenvalue weighted by Crippen LogP contribution is -2.35. The normalized spacial score (nSPS) is 12.0. The van der Waals surface area contributed by atoms with Crippen molar-refractivity contribution in [3.05, 3.63) is 35.9 Å². The van der Waals surface area contributed by atoms with Crippen LogP contribution in [-0.4, -0.2) is 19.0 Å². The Hall–Kier alpha value is -1.84. The number of alkyl carbamates (subject to hydrolysis) is 1. The highest BCUT2D eigenvalue weighted by molar-refractivity contribution is 5.89. The van der Waals surface area contributed by atoms with Crippen molar-refractivity contribution in [2.45, 2.75) is 19.9 Å². The minimum Gasteiger partial charge on any atom is -0.453 e. The van der Waals surface area contributed by atoms with Gasteiger partial charge < -0.3 is 10.1 Å². The fraction of sp³-hybridized carbons (Fsp3) is 0.385. The summed E-state index contributed by atoms with van der Waals surface area (Å²) in [6.45, 7) is 3.61. The van der Waals surface area contributed by atoms with E-state index < -0.39 is 12.1 Å². The van der Waals surface area contributed by atoms with Crippen LogP contribution in [0.25, 0.3) is 0 Å². The van der Waals surface area contributed by atoms with Crippen LogP contribution in [0.1, 0.15) is 25.5 Å². The molecule has 92 valence electrons. The molecule has 1 N–H and O–H groups in total. The van der Waals surface area contributed by atoms with E-state index in [1.54, 1.807) is 26.0 Å². The summed E-state index contributed by atoms with van der Waals surface area (Å²) < 4.78 is 4.53. The number of rotatable bonds is 4. The zero-order chi connectivity index (χ0) is 12.8. The molecule has 0 saturated heterocycles. The molecule has 1 atom stereocenters. The lowest BCUT2D eigenvalue weighted by Gasteiger charge is -2.19. The van der Waals surface area contributed by atoms with Crippen molar-refractivity contribution in [2.75, 3.05) is 7.11 Å². The van der Waals surface area contributed by atoms with Crippen molar-refractivity contribution in [3.63, 3.8) is 0 Å². The first-order valence-corrected chi connectivity index (χ1v) is 5.49. The maximum absolute atomic E-state index is 12.0. The molecular weight excluding hydrogens is 218 g/mol. The Labute approximate surface area is 101 Å². The third kappa shape index (κ3) is 3.59. The van der Waals surface area contributed by atoms with E-state index >= 15 is 0 Å². The number of carbonyl (C=O) groups is 2. The molecule has 0 aliphatic rings. The van der Waals surface area contributed by atoms with E-state index in [0.29, 0.717) is 0 Å². The van der Waals surface area contributed by atoms with Gasteiger partial charge in [0.1, 0.15) is 6.04 Å². The van der Waals surface area contributed by atoms with Gasteiger partial charge in [0, 0.05) is 5.92 Å². The largest absolute Gasteiger partial charge is 0.453 e. The Balaban J connectivity index is 2.94. The van der Waals surface area contributed by atoms with Gasteiger partial charge in [-0.15, -0.1) is 0 Å². The molecule has 4 heteroatoms. The molecule has 0 saturated carbocycles. The number of hydrogen-bond donors (Lipinski definition) is 1. The van der Waals surface area contributed by atoms with Crippen LogP contribution in [0.5, 0.6) is 0 Å². The van der Waals surface area contributed by atoms with Crippen LogP contribution >= 0.6 is 0 Å². The Bertz CT molecular complexity index is 387. The first-order valence-electron chi connectivity index (χ1n) is 5.49. The minimum absolute atomic E-state index is 0.0402. The van der Waals surface area contributed by atoms with Crippen LogP contribution in [0, 0.1) is 5.92 Å². The lowest BCUT2D eigenvalue weighted by atomic mass is 9.95. The van der Waals surface area contributed by atoms with Gasteiger partial charge in [-0.25, -0.2) is 4.79 Å². The van der Waals surface area contributed by atoms with E-state index in [1.807, 2.05) is 18.2 Å². The number of nitrogens with one attached hydrogen (secondary N) is 1. The molecule has 0 unspecified atom stereocenters.